The number of thioether (sulfide) groups is 1. The van der Waals surface area contributed by atoms with E-state index >= 15 is 0 Å². The second-order valence-corrected chi connectivity index (χ2v) is 6.86. The van der Waals surface area contributed by atoms with Crippen LogP contribution >= 0.6 is 23.1 Å². The first-order chi connectivity index (χ1) is 10.5. The Morgan fingerprint density at radius 3 is 2.73 bits per heavy atom. The summed E-state index contributed by atoms with van der Waals surface area (Å²) in [4.78, 5) is 21.8. The van der Waals surface area contributed by atoms with Crippen molar-refractivity contribution in [2.45, 2.75) is 17.3 Å². The van der Waals surface area contributed by atoms with Crippen LogP contribution in [0.4, 0.5) is 10.2 Å². The molecule has 7 heteroatoms. The van der Waals surface area contributed by atoms with Crippen molar-refractivity contribution in [3.63, 3.8) is 0 Å². The Labute approximate surface area is 134 Å². The van der Waals surface area contributed by atoms with E-state index in [9.17, 15) is 9.18 Å². The van der Waals surface area contributed by atoms with Crippen LogP contribution in [0.5, 0.6) is 0 Å². The van der Waals surface area contributed by atoms with Crippen LogP contribution in [0.25, 0.3) is 10.2 Å². The third-order valence-electron chi connectivity index (χ3n) is 3.11. The Bertz CT molecular complexity index is 832. The summed E-state index contributed by atoms with van der Waals surface area (Å²) < 4.78 is 12.9. The van der Waals surface area contributed by atoms with Gasteiger partial charge in [-0.05, 0) is 42.6 Å². The molecule has 0 aliphatic rings. The van der Waals surface area contributed by atoms with Crippen LogP contribution in [0.15, 0.2) is 40.9 Å². The van der Waals surface area contributed by atoms with E-state index in [4.69, 9.17) is 5.73 Å². The van der Waals surface area contributed by atoms with Crippen LogP contribution in [-0.2, 0) is 0 Å². The number of Topliss-reactive ketones (excluding diaryl/α,β-unsaturated/α-hetero) is 1. The smallest absolute Gasteiger partial charge is 0.191 e. The number of hydrogen-bond donors (Lipinski definition) is 1. The SMILES string of the molecule is C[C@@H](Sc1nc(N)c2ccsc2n1)C(=O)c1ccc(F)cc1. The van der Waals surface area contributed by atoms with E-state index in [2.05, 4.69) is 9.97 Å². The Kier molecular flexibility index (Phi) is 4.08. The molecule has 1 aromatic carbocycles. The molecule has 0 unspecified atom stereocenters. The highest BCUT2D eigenvalue weighted by molar-refractivity contribution is 8.00. The summed E-state index contributed by atoms with van der Waals surface area (Å²) in [6.07, 6.45) is 0. The van der Waals surface area contributed by atoms with E-state index in [-0.39, 0.29) is 16.9 Å². The molecule has 0 bridgehead atoms. The Morgan fingerprint density at radius 2 is 2.00 bits per heavy atom. The Balaban J connectivity index is 1.81. The van der Waals surface area contributed by atoms with Gasteiger partial charge in [-0.2, -0.15) is 0 Å². The van der Waals surface area contributed by atoms with Gasteiger partial charge in [0.2, 0.25) is 0 Å². The van der Waals surface area contributed by atoms with E-state index in [0.717, 1.165) is 10.2 Å². The minimum Gasteiger partial charge on any atom is -0.383 e. The number of rotatable bonds is 4. The molecule has 0 saturated carbocycles. The van der Waals surface area contributed by atoms with E-state index in [1.807, 2.05) is 11.4 Å². The van der Waals surface area contributed by atoms with E-state index in [0.29, 0.717) is 16.5 Å². The third-order valence-corrected chi connectivity index (χ3v) is 4.88. The number of aromatic nitrogens is 2. The van der Waals surface area contributed by atoms with Crippen LogP contribution < -0.4 is 5.73 Å². The number of carbonyl (C=O) groups excluding carboxylic acids is 1. The number of nitrogens with two attached hydrogens (primary N) is 1. The monoisotopic (exact) mass is 333 g/mol. The number of carbonyl (C=O) groups is 1. The molecular weight excluding hydrogens is 321 g/mol. The highest BCUT2D eigenvalue weighted by atomic mass is 32.2. The van der Waals surface area contributed by atoms with Gasteiger partial charge in [0.25, 0.3) is 0 Å². The first-order valence-corrected chi connectivity index (χ1v) is 8.27. The van der Waals surface area contributed by atoms with Crippen molar-refractivity contribution in [2.24, 2.45) is 0 Å². The van der Waals surface area contributed by atoms with Crippen molar-refractivity contribution >= 4 is 44.9 Å². The first-order valence-electron chi connectivity index (χ1n) is 6.52. The maximum Gasteiger partial charge on any atom is 0.191 e. The van der Waals surface area contributed by atoms with Crippen molar-refractivity contribution in [2.75, 3.05) is 5.73 Å². The summed E-state index contributed by atoms with van der Waals surface area (Å²) in [6, 6.07) is 7.38. The molecular formula is C15H12FN3OS2. The summed E-state index contributed by atoms with van der Waals surface area (Å²) in [7, 11) is 0. The number of benzene rings is 1. The molecule has 22 heavy (non-hydrogen) atoms. The van der Waals surface area contributed by atoms with Gasteiger partial charge in [-0.3, -0.25) is 4.79 Å². The number of nitrogens with zero attached hydrogens (tertiary/aromatic N) is 2. The van der Waals surface area contributed by atoms with E-state index in [1.54, 1.807) is 6.92 Å². The summed E-state index contributed by atoms with van der Waals surface area (Å²) in [5, 5.41) is 2.81. The molecule has 0 fully saturated rings. The topological polar surface area (TPSA) is 68.9 Å². The number of nitrogen functional groups attached to an aromatic ring is 1. The number of thiophene rings is 1. The summed E-state index contributed by atoms with van der Waals surface area (Å²) in [5.74, 6) is -0.0512. The quantitative estimate of drug-likeness (QED) is 0.447. The molecule has 0 aliphatic carbocycles. The lowest BCUT2D eigenvalue weighted by Crippen LogP contribution is -2.14. The van der Waals surface area contributed by atoms with E-state index < -0.39 is 0 Å². The van der Waals surface area contributed by atoms with Gasteiger partial charge in [0.1, 0.15) is 16.5 Å². The fraction of sp³-hybridized carbons (Fsp3) is 0.133. The molecule has 0 radical (unpaired) electrons. The van der Waals surface area contributed by atoms with Crippen molar-refractivity contribution < 1.29 is 9.18 Å². The molecule has 112 valence electrons. The molecule has 0 amide bonds. The number of hydrogen-bond acceptors (Lipinski definition) is 6. The van der Waals surface area contributed by atoms with Gasteiger partial charge in [-0.25, -0.2) is 14.4 Å². The maximum absolute atomic E-state index is 12.9. The van der Waals surface area contributed by atoms with Crippen LogP contribution in [0, 0.1) is 5.82 Å². The number of halogens is 1. The standard InChI is InChI=1S/C15H12FN3OS2/c1-8(12(20)9-2-4-10(16)5-3-9)22-15-18-13(17)11-6-7-21-14(11)19-15/h2-8H,1H3,(H2,17,18,19)/t8-/m1/s1. The zero-order valence-electron chi connectivity index (χ0n) is 11.6. The number of fused-ring (bicyclic) bond motifs is 1. The third kappa shape index (κ3) is 2.95. The predicted molar refractivity (Wildman–Crippen MR) is 87.9 cm³/mol. The number of anilines is 1. The lowest BCUT2D eigenvalue weighted by atomic mass is 10.1. The highest BCUT2D eigenvalue weighted by Crippen LogP contribution is 2.29. The molecule has 1 atom stereocenters. The largest absolute Gasteiger partial charge is 0.383 e. The van der Waals surface area contributed by atoms with Crippen LogP contribution in [-0.4, -0.2) is 21.0 Å². The zero-order chi connectivity index (χ0) is 15.7. The minimum atomic E-state index is -0.387. The molecule has 2 heterocycles. The van der Waals surface area contributed by atoms with Gasteiger partial charge in [-0.1, -0.05) is 11.8 Å². The highest BCUT2D eigenvalue weighted by Gasteiger charge is 2.19. The molecule has 0 aliphatic heterocycles. The van der Waals surface area contributed by atoms with Crippen LogP contribution in [0.2, 0.25) is 0 Å². The van der Waals surface area contributed by atoms with Crippen molar-refractivity contribution in [1.82, 2.24) is 9.97 Å². The maximum atomic E-state index is 12.9. The molecule has 3 rings (SSSR count). The molecule has 0 spiro atoms. The van der Waals surface area contributed by atoms with Gasteiger partial charge < -0.3 is 5.73 Å². The van der Waals surface area contributed by atoms with Crippen LogP contribution in [0.3, 0.4) is 0 Å². The summed E-state index contributed by atoms with van der Waals surface area (Å²) in [5.41, 5.74) is 6.36. The van der Waals surface area contributed by atoms with Crippen molar-refractivity contribution in [1.29, 1.82) is 0 Å². The van der Waals surface area contributed by atoms with Gasteiger partial charge in [0, 0.05) is 5.56 Å². The lowest BCUT2D eigenvalue weighted by molar-refractivity contribution is 0.0994. The summed E-state index contributed by atoms with van der Waals surface area (Å²) >= 11 is 2.72. The average Bonchev–Trinajstić information content (AvgIpc) is 2.96. The predicted octanol–water partition coefficient (Wildman–Crippen LogP) is 3.78. The fourth-order valence-electron chi connectivity index (χ4n) is 1.97. The Hall–Kier alpha value is -1.99. The lowest BCUT2D eigenvalue weighted by Gasteiger charge is -2.09. The molecule has 2 N–H and O–H groups in total. The van der Waals surface area contributed by atoms with Crippen LogP contribution in [0.1, 0.15) is 17.3 Å². The van der Waals surface area contributed by atoms with E-state index in [1.165, 1.54) is 47.4 Å². The normalized spacial score (nSPS) is 12.5. The first kappa shape index (κ1) is 14.9. The number of ketones is 1. The molecule has 0 saturated heterocycles. The molecule has 4 nitrogen and oxygen atoms in total. The second kappa shape index (κ2) is 6.02. The average molecular weight is 333 g/mol. The Morgan fingerprint density at radius 1 is 1.27 bits per heavy atom. The molecule has 2 aromatic heterocycles. The fourth-order valence-corrected chi connectivity index (χ4v) is 3.66. The molecule has 3 aromatic rings. The van der Waals surface area contributed by atoms with Crippen molar-refractivity contribution in [3.05, 3.63) is 47.1 Å². The van der Waals surface area contributed by atoms with Gasteiger partial charge in [0.15, 0.2) is 10.9 Å². The van der Waals surface area contributed by atoms with Gasteiger partial charge >= 0.3 is 0 Å². The zero-order valence-corrected chi connectivity index (χ0v) is 13.2. The van der Waals surface area contributed by atoms with Crippen molar-refractivity contribution in [3.8, 4) is 0 Å². The second-order valence-electron chi connectivity index (χ2n) is 4.66. The minimum absolute atomic E-state index is 0.0987. The van der Waals surface area contributed by atoms with Gasteiger partial charge in [-0.15, -0.1) is 11.3 Å². The summed E-state index contributed by atoms with van der Waals surface area (Å²) in [6.45, 7) is 1.77. The van der Waals surface area contributed by atoms with Gasteiger partial charge in [0.05, 0.1) is 10.6 Å².